The van der Waals surface area contributed by atoms with Gasteiger partial charge in [0.05, 0.1) is 0 Å². The van der Waals surface area contributed by atoms with Gasteiger partial charge in [0.1, 0.15) is 6.54 Å². The predicted octanol–water partition coefficient (Wildman–Crippen LogP) is -2.00. The second-order valence-electron chi connectivity index (χ2n) is 1.71. The molecule has 9 heavy (non-hydrogen) atoms. The summed E-state index contributed by atoms with van der Waals surface area (Å²) in [6.45, 7) is 3.18. The molecule has 0 N–H and O–H groups in total. The monoisotopic (exact) mass is 235 g/mol. The van der Waals surface area contributed by atoms with Gasteiger partial charge >= 0.3 is 0 Å². The highest BCUT2D eigenvalue weighted by Crippen LogP contribution is 1.74. The van der Waals surface area contributed by atoms with Crippen LogP contribution in [0.5, 0.6) is 0 Å². The summed E-state index contributed by atoms with van der Waals surface area (Å²) in [4.78, 5) is 0. The third-order valence-corrected chi connectivity index (χ3v) is 1.14. The fourth-order valence-electron chi connectivity index (χ4n) is 0.645. The largest absolute Gasteiger partial charge is 1.00 e. The number of hydrogen-bond donors (Lipinski definition) is 0. The topological polar surface area (TPSA) is 3.88 Å². The predicted molar refractivity (Wildman–Crippen MR) is 32.3 cm³/mol. The third-order valence-electron chi connectivity index (χ3n) is 1.14. The van der Waals surface area contributed by atoms with E-state index in [2.05, 4.69) is 23.9 Å². The van der Waals surface area contributed by atoms with Gasteiger partial charge in [0.15, 0.2) is 12.4 Å². The number of halogens is 1. The van der Waals surface area contributed by atoms with Crippen LogP contribution in [0.2, 0.25) is 0 Å². The summed E-state index contributed by atoms with van der Waals surface area (Å²) in [6, 6.07) is 6.08. The van der Waals surface area contributed by atoms with Gasteiger partial charge in [-0.25, -0.2) is 4.57 Å². The van der Waals surface area contributed by atoms with Crippen molar-refractivity contribution in [3.05, 3.63) is 30.6 Å². The first-order valence-corrected chi connectivity index (χ1v) is 2.87. The van der Waals surface area contributed by atoms with E-state index < -0.39 is 0 Å². The maximum Gasteiger partial charge on any atom is 0.168 e. The normalized spacial score (nSPS) is 8.11. The van der Waals surface area contributed by atoms with Crippen molar-refractivity contribution in [2.24, 2.45) is 0 Å². The Morgan fingerprint density at radius 2 is 1.67 bits per heavy atom. The molecule has 0 bridgehead atoms. The van der Waals surface area contributed by atoms with E-state index in [1.54, 1.807) is 0 Å². The number of rotatable bonds is 1. The Morgan fingerprint density at radius 3 is 2.00 bits per heavy atom. The lowest BCUT2D eigenvalue weighted by atomic mass is 10.5. The number of nitrogens with zero attached hydrogens (tertiary/aromatic N) is 1. The standard InChI is InChI=1S/C7H10N.HI/c1-2-8-6-4-3-5-7-8;/h3-7H,2H2,1H3;1H/q+1;/p-1. The maximum atomic E-state index is 2.12. The van der Waals surface area contributed by atoms with Gasteiger partial charge in [-0.2, -0.15) is 0 Å². The molecule has 1 nitrogen and oxygen atoms in total. The highest BCUT2D eigenvalue weighted by Gasteiger charge is 1.86. The van der Waals surface area contributed by atoms with E-state index in [1.807, 2.05) is 18.2 Å². The molecule has 1 aromatic rings. The second kappa shape index (κ2) is 4.73. The fraction of sp³-hybridized carbons (Fsp3) is 0.286. The Bertz CT molecular complexity index is 150. The minimum absolute atomic E-state index is 0. The molecular weight excluding hydrogens is 225 g/mol. The summed E-state index contributed by atoms with van der Waals surface area (Å²) >= 11 is 0. The minimum Gasteiger partial charge on any atom is -1.00 e. The van der Waals surface area contributed by atoms with Gasteiger partial charge in [-0.15, -0.1) is 0 Å². The third kappa shape index (κ3) is 2.79. The Labute approximate surface area is 72.7 Å². The van der Waals surface area contributed by atoms with E-state index in [4.69, 9.17) is 0 Å². The molecule has 0 aromatic carbocycles. The number of aryl methyl sites for hydroxylation is 1. The van der Waals surface area contributed by atoms with E-state index in [0.717, 1.165) is 6.54 Å². The molecule has 0 fully saturated rings. The molecule has 1 rings (SSSR count). The average molecular weight is 235 g/mol. The highest BCUT2D eigenvalue weighted by molar-refractivity contribution is 4.83. The van der Waals surface area contributed by atoms with Crippen molar-refractivity contribution < 1.29 is 28.5 Å². The lowest BCUT2D eigenvalue weighted by Crippen LogP contribution is -3.00. The van der Waals surface area contributed by atoms with Crippen LogP contribution in [0.4, 0.5) is 0 Å². The molecule has 1 aromatic heterocycles. The Hall–Kier alpha value is -0.120. The molecule has 0 aliphatic rings. The second-order valence-corrected chi connectivity index (χ2v) is 1.71. The van der Waals surface area contributed by atoms with Gasteiger partial charge in [0.2, 0.25) is 0 Å². The summed E-state index contributed by atoms with van der Waals surface area (Å²) in [6.07, 6.45) is 4.11. The van der Waals surface area contributed by atoms with Crippen LogP contribution in [0.25, 0.3) is 0 Å². The van der Waals surface area contributed by atoms with Gasteiger partial charge in [0, 0.05) is 12.1 Å². The van der Waals surface area contributed by atoms with Crippen molar-refractivity contribution in [1.29, 1.82) is 0 Å². The van der Waals surface area contributed by atoms with Crippen molar-refractivity contribution in [1.82, 2.24) is 0 Å². The molecule has 0 radical (unpaired) electrons. The Balaban J connectivity index is 0.000000640. The van der Waals surface area contributed by atoms with Gasteiger partial charge in [-0.3, -0.25) is 0 Å². The Kier molecular flexibility index (Phi) is 4.67. The van der Waals surface area contributed by atoms with E-state index in [9.17, 15) is 0 Å². The number of pyridine rings is 1. The van der Waals surface area contributed by atoms with Crippen molar-refractivity contribution in [2.45, 2.75) is 13.5 Å². The van der Waals surface area contributed by atoms with Gasteiger partial charge < -0.3 is 24.0 Å². The van der Waals surface area contributed by atoms with E-state index in [0.29, 0.717) is 0 Å². The van der Waals surface area contributed by atoms with Crippen molar-refractivity contribution in [3.63, 3.8) is 0 Å². The summed E-state index contributed by atoms with van der Waals surface area (Å²) in [5.41, 5.74) is 0. The molecule has 0 aliphatic heterocycles. The summed E-state index contributed by atoms with van der Waals surface area (Å²) in [5.74, 6) is 0. The highest BCUT2D eigenvalue weighted by atomic mass is 127. The summed E-state index contributed by atoms with van der Waals surface area (Å²) < 4.78 is 2.12. The first-order chi connectivity index (χ1) is 3.93. The van der Waals surface area contributed by atoms with Crippen molar-refractivity contribution >= 4 is 0 Å². The smallest absolute Gasteiger partial charge is 0.168 e. The molecule has 0 amide bonds. The molecule has 50 valence electrons. The molecule has 0 saturated carbocycles. The van der Waals surface area contributed by atoms with E-state index >= 15 is 0 Å². The van der Waals surface area contributed by atoms with Crippen LogP contribution in [-0.4, -0.2) is 0 Å². The number of aromatic nitrogens is 1. The molecule has 1 heterocycles. The summed E-state index contributed by atoms with van der Waals surface area (Å²) in [5, 5.41) is 0. The van der Waals surface area contributed by atoms with E-state index in [1.165, 1.54) is 0 Å². The molecule has 0 aliphatic carbocycles. The van der Waals surface area contributed by atoms with Crippen LogP contribution >= 0.6 is 0 Å². The zero-order valence-corrected chi connectivity index (χ0v) is 7.58. The van der Waals surface area contributed by atoms with Crippen LogP contribution in [0, 0.1) is 0 Å². The van der Waals surface area contributed by atoms with Gasteiger partial charge in [0.25, 0.3) is 0 Å². The van der Waals surface area contributed by atoms with E-state index in [-0.39, 0.29) is 24.0 Å². The van der Waals surface area contributed by atoms with Crippen LogP contribution < -0.4 is 28.5 Å². The fourth-order valence-corrected chi connectivity index (χ4v) is 0.645. The zero-order valence-electron chi connectivity index (χ0n) is 5.42. The van der Waals surface area contributed by atoms with Gasteiger partial charge in [-0.05, 0) is 6.92 Å². The molecular formula is C7H10IN. The molecule has 0 atom stereocenters. The van der Waals surface area contributed by atoms with Crippen molar-refractivity contribution in [2.75, 3.05) is 0 Å². The lowest BCUT2D eigenvalue weighted by Gasteiger charge is -1.84. The summed E-state index contributed by atoms with van der Waals surface area (Å²) in [7, 11) is 0. The van der Waals surface area contributed by atoms with Gasteiger partial charge in [-0.1, -0.05) is 6.07 Å². The quantitative estimate of drug-likeness (QED) is 0.391. The molecule has 2 heteroatoms. The Morgan fingerprint density at radius 1 is 1.11 bits per heavy atom. The molecule has 0 saturated heterocycles. The number of hydrogen-bond acceptors (Lipinski definition) is 0. The first kappa shape index (κ1) is 8.88. The van der Waals surface area contributed by atoms with Crippen LogP contribution in [-0.2, 0) is 6.54 Å². The van der Waals surface area contributed by atoms with Crippen LogP contribution in [0.3, 0.4) is 0 Å². The van der Waals surface area contributed by atoms with Crippen LogP contribution in [0.15, 0.2) is 30.6 Å². The minimum atomic E-state index is 0. The first-order valence-electron chi connectivity index (χ1n) is 2.87. The van der Waals surface area contributed by atoms with Crippen molar-refractivity contribution in [3.8, 4) is 0 Å². The molecule has 0 unspecified atom stereocenters. The average Bonchev–Trinajstić information content (AvgIpc) is 1.90. The lowest BCUT2D eigenvalue weighted by molar-refractivity contribution is -0.693. The van der Waals surface area contributed by atoms with Crippen LogP contribution in [0.1, 0.15) is 6.92 Å². The SMILES string of the molecule is CC[n+]1ccccc1.[I-]. The maximum absolute atomic E-state index is 2.12. The molecule has 0 spiro atoms. The zero-order chi connectivity index (χ0) is 5.82.